The number of methoxy groups -OCH3 is 1. The van der Waals surface area contributed by atoms with Gasteiger partial charge in [-0.15, -0.1) is 6.58 Å². The summed E-state index contributed by atoms with van der Waals surface area (Å²) in [6.07, 6.45) is -14.6. The minimum absolute atomic E-state index is 0.0421. The van der Waals surface area contributed by atoms with Crippen LogP contribution < -0.4 is 10.6 Å². The Morgan fingerprint density at radius 1 is 0.655 bits per heavy atom. The molecule has 0 radical (unpaired) electrons. The van der Waals surface area contributed by atoms with Crippen molar-refractivity contribution < 1.29 is 99.9 Å². The van der Waals surface area contributed by atoms with Crippen LogP contribution in [0.3, 0.4) is 0 Å². The second-order valence-corrected chi connectivity index (χ2v) is 12.9. The van der Waals surface area contributed by atoms with Crippen LogP contribution in [0, 0.1) is 0 Å². The Hall–Kier alpha value is -5.10. The molecule has 2 amide bonds. The van der Waals surface area contributed by atoms with E-state index in [9.17, 15) is 38.4 Å². The monoisotopic (exact) mass is 834 g/mol. The Bertz CT molecular complexity index is 1510. The normalized spacial score (nSPS) is 29.9. The Balaban J connectivity index is 1.97. The van der Waals surface area contributed by atoms with Crippen molar-refractivity contribution >= 4 is 48.0 Å². The van der Waals surface area contributed by atoms with E-state index in [2.05, 4.69) is 17.2 Å². The maximum absolute atomic E-state index is 12.8. The van der Waals surface area contributed by atoms with Gasteiger partial charge in [0.05, 0.1) is 13.7 Å². The molecule has 4 unspecified atom stereocenters. The van der Waals surface area contributed by atoms with Crippen molar-refractivity contribution in [3.63, 3.8) is 0 Å². The number of hydrogen-bond donors (Lipinski definition) is 2. The molecule has 3 heterocycles. The second kappa shape index (κ2) is 22.2. The van der Waals surface area contributed by atoms with Gasteiger partial charge in [0.1, 0.15) is 31.5 Å². The molecule has 58 heavy (non-hydrogen) atoms. The van der Waals surface area contributed by atoms with Crippen LogP contribution in [0.5, 0.6) is 0 Å². The Morgan fingerprint density at radius 2 is 1.19 bits per heavy atom. The molecule has 326 valence electrons. The van der Waals surface area contributed by atoms with Gasteiger partial charge in [-0.2, -0.15) is 0 Å². The highest BCUT2D eigenvalue weighted by atomic mass is 16.9. The number of nitrogens with one attached hydrogen (secondary N) is 2. The van der Waals surface area contributed by atoms with E-state index in [1.54, 1.807) is 6.08 Å². The van der Waals surface area contributed by atoms with E-state index >= 15 is 0 Å². The zero-order valence-electron chi connectivity index (χ0n) is 33.1. The van der Waals surface area contributed by atoms with Crippen LogP contribution in [-0.4, -0.2) is 155 Å². The molecule has 3 rings (SSSR count). The molecule has 23 heteroatoms. The van der Waals surface area contributed by atoms with Crippen LogP contribution >= 0.6 is 0 Å². The topological polar surface area (TPSA) is 281 Å². The van der Waals surface area contributed by atoms with E-state index in [0.717, 1.165) is 41.7 Å². The number of ether oxygens (including phenoxy) is 13. The molecule has 0 aliphatic carbocycles. The third kappa shape index (κ3) is 13.8. The summed E-state index contributed by atoms with van der Waals surface area (Å²) in [6.45, 7) is 8.76. The summed E-state index contributed by atoms with van der Waals surface area (Å²) in [5.74, 6) is -7.49. The van der Waals surface area contributed by atoms with E-state index < -0.39 is 128 Å². The number of rotatable bonds is 18. The zero-order valence-corrected chi connectivity index (χ0v) is 33.1. The number of carbonyl (C=O) groups is 8. The fourth-order valence-electron chi connectivity index (χ4n) is 5.95. The van der Waals surface area contributed by atoms with E-state index in [1.165, 1.54) is 6.92 Å². The maximum Gasteiger partial charge on any atom is 0.407 e. The molecule has 23 nitrogen and oxygen atoms in total. The lowest BCUT2D eigenvalue weighted by atomic mass is 9.96. The molecule has 3 saturated heterocycles. The van der Waals surface area contributed by atoms with Crippen molar-refractivity contribution in [3.8, 4) is 0 Å². The number of fused-ring (bicyclic) bond motifs is 1. The molecule has 0 aromatic heterocycles. The number of alkyl carbamates (subject to hydrolysis) is 2. The van der Waals surface area contributed by atoms with Crippen LogP contribution in [0.25, 0.3) is 0 Å². The lowest BCUT2D eigenvalue weighted by molar-refractivity contribution is -0.348. The first-order valence-corrected chi connectivity index (χ1v) is 18.0. The third-order valence-electron chi connectivity index (χ3n) is 8.22. The number of esters is 6. The predicted octanol–water partition coefficient (Wildman–Crippen LogP) is -0.165. The van der Waals surface area contributed by atoms with E-state index in [-0.39, 0.29) is 19.7 Å². The molecule has 0 saturated carbocycles. The van der Waals surface area contributed by atoms with Crippen LogP contribution in [0.4, 0.5) is 9.59 Å². The van der Waals surface area contributed by atoms with Crippen molar-refractivity contribution in [2.45, 2.75) is 122 Å². The molecule has 3 aliphatic rings. The number of amides is 2. The lowest BCUT2D eigenvalue weighted by Crippen LogP contribution is -2.66. The second-order valence-electron chi connectivity index (χ2n) is 12.9. The van der Waals surface area contributed by atoms with Crippen molar-refractivity contribution in [3.05, 3.63) is 12.7 Å². The van der Waals surface area contributed by atoms with Crippen LogP contribution in [0.15, 0.2) is 12.7 Å². The first-order valence-electron chi connectivity index (χ1n) is 18.0. The van der Waals surface area contributed by atoms with Gasteiger partial charge in [-0.25, -0.2) is 14.4 Å². The molecule has 11 atom stereocenters. The summed E-state index contributed by atoms with van der Waals surface area (Å²) in [4.78, 5) is 98.8. The summed E-state index contributed by atoms with van der Waals surface area (Å²) < 4.78 is 72.5. The van der Waals surface area contributed by atoms with Crippen molar-refractivity contribution in [1.29, 1.82) is 0 Å². The SMILES string of the molecule is C=CCCCOC(=O)NCCNC(=O)OC[C@H]1O[C@@H]2O[C@](C)(C(=O)OC)OC2C(OC(C)=O)[C@@H]1O[C@@H]1OC(COC(C)=O)[C@H](OC(C)=O)[C@H](OC(C)=O)C1OC(C)=O. The van der Waals surface area contributed by atoms with Gasteiger partial charge < -0.3 is 72.2 Å². The highest BCUT2D eigenvalue weighted by molar-refractivity contribution is 5.77. The highest BCUT2D eigenvalue weighted by Crippen LogP contribution is 2.41. The fraction of sp³-hybridized carbons (Fsp3) is 0.714. The molecule has 0 aromatic carbocycles. The summed E-state index contributed by atoms with van der Waals surface area (Å²) >= 11 is 0. The smallest absolute Gasteiger partial charge is 0.407 e. The van der Waals surface area contributed by atoms with E-state index in [4.69, 9.17) is 61.6 Å². The summed E-state index contributed by atoms with van der Waals surface area (Å²) in [6, 6.07) is 0. The average molecular weight is 835 g/mol. The fourth-order valence-corrected chi connectivity index (χ4v) is 5.95. The predicted molar refractivity (Wildman–Crippen MR) is 186 cm³/mol. The molecular weight excluding hydrogens is 784 g/mol. The summed E-state index contributed by atoms with van der Waals surface area (Å²) in [5, 5.41) is 4.87. The van der Waals surface area contributed by atoms with Crippen molar-refractivity contribution in [2.75, 3.05) is 40.0 Å². The molecule has 2 N–H and O–H groups in total. The molecule has 3 fully saturated rings. The van der Waals surface area contributed by atoms with Gasteiger partial charge in [0.25, 0.3) is 5.79 Å². The van der Waals surface area contributed by atoms with Gasteiger partial charge in [0, 0.05) is 54.6 Å². The van der Waals surface area contributed by atoms with Gasteiger partial charge in [-0.05, 0) is 12.8 Å². The number of carbonyl (C=O) groups excluding carboxylic acids is 8. The minimum Gasteiger partial charge on any atom is -0.465 e. The Kier molecular flexibility index (Phi) is 18.1. The van der Waals surface area contributed by atoms with Gasteiger partial charge >= 0.3 is 48.0 Å². The van der Waals surface area contributed by atoms with E-state index in [1.807, 2.05) is 0 Å². The number of unbranched alkanes of at least 4 members (excludes halogenated alkanes) is 1. The first-order chi connectivity index (χ1) is 27.4. The van der Waals surface area contributed by atoms with Gasteiger partial charge in [0.15, 0.2) is 43.1 Å². The van der Waals surface area contributed by atoms with Crippen molar-refractivity contribution in [1.82, 2.24) is 10.6 Å². The molecule has 3 aliphatic heterocycles. The van der Waals surface area contributed by atoms with Gasteiger partial charge in [0.2, 0.25) is 0 Å². The average Bonchev–Trinajstić information content (AvgIpc) is 3.49. The standard InChI is InChI=1S/C35H50N2O21/c1-9-10-11-14-47-33(44)36-12-13-37-34(45)49-16-23-25(27(52-20(5)41)29-31(55-23)58-35(7,57-29)32(43)46-8)56-30-28(53-21(6)42)26(51-19(4)40)24(50-18(3)39)22(54-30)15-48-17(2)38/h9,22-31H,1,10-16H2,2-8H3,(H,36,44)(H,37,45)/t22?,23-,24+,25-,26+,27?,28?,29?,30+,31-,35-/m1/s1. The van der Waals surface area contributed by atoms with Crippen LogP contribution in [0.2, 0.25) is 0 Å². The minimum atomic E-state index is -2.10. The Morgan fingerprint density at radius 3 is 1.76 bits per heavy atom. The largest absolute Gasteiger partial charge is 0.465 e. The van der Waals surface area contributed by atoms with E-state index in [0.29, 0.717) is 12.8 Å². The molecule has 0 spiro atoms. The third-order valence-corrected chi connectivity index (χ3v) is 8.22. The summed E-state index contributed by atoms with van der Waals surface area (Å²) in [5.41, 5.74) is 0. The quantitative estimate of drug-likeness (QED) is 0.0785. The van der Waals surface area contributed by atoms with Crippen LogP contribution in [-0.2, 0) is 90.3 Å². The molecule has 0 bridgehead atoms. The van der Waals surface area contributed by atoms with Gasteiger partial charge in [-0.1, -0.05) is 6.08 Å². The molecule has 0 aromatic rings. The maximum atomic E-state index is 12.8. The number of hydrogen-bond acceptors (Lipinski definition) is 21. The zero-order chi connectivity index (χ0) is 43.2. The molecular formula is C35H50N2O21. The highest BCUT2D eigenvalue weighted by Gasteiger charge is 2.62. The lowest BCUT2D eigenvalue weighted by Gasteiger charge is -2.47. The number of allylic oxidation sites excluding steroid dienone is 1. The Labute approximate surface area is 332 Å². The summed E-state index contributed by atoms with van der Waals surface area (Å²) in [7, 11) is 1.07. The van der Waals surface area contributed by atoms with Crippen molar-refractivity contribution in [2.24, 2.45) is 0 Å². The van der Waals surface area contributed by atoms with Gasteiger partial charge in [-0.3, -0.25) is 24.0 Å². The van der Waals surface area contributed by atoms with Crippen LogP contribution in [0.1, 0.15) is 54.4 Å². The first kappa shape index (κ1) is 47.3.